The lowest BCUT2D eigenvalue weighted by molar-refractivity contribution is 0.111. The molecular weight excluding hydrogens is 713 g/mol. The average molecular weight is 751 g/mol. The molecule has 7 aromatic rings. The van der Waals surface area contributed by atoms with Crippen molar-refractivity contribution in [1.82, 2.24) is 9.13 Å². The monoisotopic (exact) mass is 750 g/mol. The maximum absolute atomic E-state index is 14.2. The van der Waals surface area contributed by atoms with E-state index in [0.717, 1.165) is 43.1 Å². The molecule has 0 atom stereocenters. The van der Waals surface area contributed by atoms with Gasteiger partial charge >= 0.3 is 0 Å². The molecule has 0 aliphatic heterocycles. The number of benzene rings is 5. The Morgan fingerprint density at radius 2 is 0.889 bits per heavy atom. The summed E-state index contributed by atoms with van der Waals surface area (Å²) < 4.78 is 3.34. The lowest BCUT2D eigenvalue weighted by Crippen LogP contribution is -2.26. The summed E-state index contributed by atoms with van der Waals surface area (Å²) in [6.07, 6.45) is 1.29. The van der Waals surface area contributed by atoms with Crippen LogP contribution in [-0.2, 0) is 13.1 Å². The van der Waals surface area contributed by atoms with Crippen molar-refractivity contribution in [3.63, 3.8) is 0 Å². The highest BCUT2D eigenvalue weighted by Crippen LogP contribution is 2.44. The van der Waals surface area contributed by atoms with Crippen molar-refractivity contribution in [1.29, 1.82) is 0 Å². The largest absolute Gasteiger partial charge is 0.378 e. The van der Waals surface area contributed by atoms with Crippen LogP contribution in [0.15, 0.2) is 150 Å². The lowest BCUT2D eigenvalue weighted by atomic mass is 10.1. The Morgan fingerprint density at radius 1 is 0.519 bits per heavy atom. The fourth-order valence-electron chi connectivity index (χ4n) is 6.53. The Hall–Kier alpha value is -5.84. The van der Waals surface area contributed by atoms with Gasteiger partial charge in [0.1, 0.15) is 0 Å². The molecule has 10 heteroatoms. The zero-order valence-electron chi connectivity index (χ0n) is 30.4. The van der Waals surface area contributed by atoms with E-state index in [0.29, 0.717) is 46.5 Å². The molecule has 0 spiro atoms. The van der Waals surface area contributed by atoms with Gasteiger partial charge in [-0.3, -0.25) is 19.2 Å². The molecule has 0 unspecified atom stereocenters. The van der Waals surface area contributed by atoms with Gasteiger partial charge < -0.3 is 18.9 Å². The highest BCUT2D eigenvalue weighted by molar-refractivity contribution is 8.02. The quantitative estimate of drug-likeness (QED) is 0.115. The summed E-state index contributed by atoms with van der Waals surface area (Å²) in [5, 5.41) is 1.53. The van der Waals surface area contributed by atoms with Gasteiger partial charge in [0.15, 0.2) is 12.6 Å². The number of aldehydes is 2. The number of hydrogen-bond acceptors (Lipinski definition) is 8. The van der Waals surface area contributed by atoms with Gasteiger partial charge in [-0.15, -0.1) is 0 Å². The number of carbonyl (C=O) groups excluding carboxylic acids is 2. The Balaban J connectivity index is 1.38. The number of aromatic nitrogens is 2. The SMILES string of the molecule is CN(C)c1ccc2c(Sc3ccccc3Sc3c(C=O)c(=O)n(Cc4ccccc4)c4cc(N(C)C)ccc34)c(C=O)c(=O)n(Cc3ccccc3)c2c1. The molecule has 0 fully saturated rings. The number of rotatable bonds is 12. The van der Waals surface area contributed by atoms with Gasteiger partial charge in [-0.2, -0.15) is 0 Å². The Labute approximate surface area is 321 Å². The fraction of sp³-hybridized carbons (Fsp3) is 0.136. The molecular formula is C44H38N4O4S2. The van der Waals surface area contributed by atoms with Crippen molar-refractivity contribution in [3.05, 3.63) is 164 Å². The molecule has 5 aromatic carbocycles. The molecule has 7 rings (SSSR count). The van der Waals surface area contributed by atoms with Gasteiger partial charge in [0.05, 0.1) is 35.2 Å². The van der Waals surface area contributed by atoms with Crippen LogP contribution in [0, 0.1) is 0 Å². The first-order valence-corrected chi connectivity index (χ1v) is 19.0. The van der Waals surface area contributed by atoms with Gasteiger partial charge in [-0.25, -0.2) is 0 Å². The normalized spacial score (nSPS) is 11.2. The molecule has 0 aliphatic rings. The maximum atomic E-state index is 14.2. The second-order valence-electron chi connectivity index (χ2n) is 13.3. The summed E-state index contributed by atoms with van der Waals surface area (Å²) in [5.74, 6) is 0. The molecule has 0 saturated heterocycles. The van der Waals surface area contributed by atoms with E-state index < -0.39 is 0 Å². The summed E-state index contributed by atoms with van der Waals surface area (Å²) in [6, 6.07) is 38.9. The fourth-order valence-corrected chi connectivity index (χ4v) is 8.91. The molecule has 0 radical (unpaired) electrons. The first-order chi connectivity index (χ1) is 26.2. The Bertz CT molecular complexity index is 2470. The summed E-state index contributed by atoms with van der Waals surface area (Å²) >= 11 is 2.67. The molecule has 2 aromatic heterocycles. The van der Waals surface area contributed by atoms with Crippen molar-refractivity contribution >= 4 is 69.3 Å². The number of nitrogens with zero attached hydrogens (tertiary/aromatic N) is 4. The predicted octanol–water partition coefficient (Wildman–Crippen LogP) is 8.47. The van der Waals surface area contributed by atoms with Crippen molar-refractivity contribution in [2.24, 2.45) is 0 Å². The molecule has 2 heterocycles. The first-order valence-electron chi connectivity index (χ1n) is 17.4. The second-order valence-corrected chi connectivity index (χ2v) is 15.4. The average Bonchev–Trinajstić information content (AvgIpc) is 3.19. The minimum absolute atomic E-state index is 0.0691. The van der Waals surface area contributed by atoms with E-state index in [2.05, 4.69) is 0 Å². The van der Waals surface area contributed by atoms with E-state index in [9.17, 15) is 19.2 Å². The summed E-state index contributed by atoms with van der Waals surface area (Å²) in [6.45, 7) is 0.607. The van der Waals surface area contributed by atoms with Crippen molar-refractivity contribution < 1.29 is 9.59 Å². The maximum Gasteiger partial charge on any atom is 0.263 e. The van der Waals surface area contributed by atoms with Crippen LogP contribution < -0.4 is 20.9 Å². The van der Waals surface area contributed by atoms with Gasteiger partial charge in [0.2, 0.25) is 0 Å². The third-order valence-electron chi connectivity index (χ3n) is 9.38. The zero-order chi connectivity index (χ0) is 37.9. The lowest BCUT2D eigenvalue weighted by Gasteiger charge is -2.20. The van der Waals surface area contributed by atoms with Crippen molar-refractivity contribution in [2.45, 2.75) is 32.7 Å². The zero-order valence-corrected chi connectivity index (χ0v) is 32.0. The molecule has 0 amide bonds. The standard InChI is InChI=1S/C44H38N4O4S2/c1-45(2)31-19-21-33-37(23-31)47(25-29-13-7-5-8-14-29)43(51)35(27-49)41(33)53-39-17-11-12-18-40(39)54-42-34-22-20-32(46(3)4)24-38(34)48(44(52)36(42)28-50)26-30-15-9-6-10-16-30/h5-24,27-28H,25-26H2,1-4H3. The summed E-state index contributed by atoms with van der Waals surface area (Å²) in [4.78, 5) is 60.7. The molecule has 270 valence electrons. The van der Waals surface area contributed by atoms with Gasteiger partial charge in [0, 0.05) is 69.9 Å². The molecule has 0 saturated carbocycles. The molecule has 54 heavy (non-hydrogen) atoms. The minimum Gasteiger partial charge on any atom is -0.378 e. The van der Waals surface area contributed by atoms with Crippen LogP contribution in [0.4, 0.5) is 11.4 Å². The second kappa shape index (κ2) is 15.6. The third kappa shape index (κ3) is 7.10. The minimum atomic E-state index is -0.377. The van der Waals surface area contributed by atoms with E-state index in [1.807, 2.05) is 159 Å². The number of anilines is 2. The molecule has 0 bridgehead atoms. The van der Waals surface area contributed by atoms with Crippen molar-refractivity contribution in [2.75, 3.05) is 38.0 Å². The van der Waals surface area contributed by atoms with Crippen LogP contribution in [0.5, 0.6) is 0 Å². The Kier molecular flexibility index (Phi) is 10.6. The van der Waals surface area contributed by atoms with E-state index in [4.69, 9.17) is 0 Å². The van der Waals surface area contributed by atoms with Crippen LogP contribution in [-0.4, -0.2) is 49.9 Å². The molecule has 0 N–H and O–H groups in total. The number of hydrogen-bond donors (Lipinski definition) is 0. The smallest absolute Gasteiger partial charge is 0.263 e. The van der Waals surface area contributed by atoms with E-state index in [1.54, 1.807) is 9.13 Å². The number of carbonyl (C=O) groups is 2. The highest BCUT2D eigenvalue weighted by atomic mass is 32.2. The van der Waals surface area contributed by atoms with Gasteiger partial charge in [0.25, 0.3) is 11.1 Å². The van der Waals surface area contributed by atoms with Crippen LogP contribution in [0.3, 0.4) is 0 Å². The molecule has 8 nitrogen and oxygen atoms in total. The predicted molar refractivity (Wildman–Crippen MR) is 222 cm³/mol. The van der Waals surface area contributed by atoms with Crippen molar-refractivity contribution in [3.8, 4) is 0 Å². The van der Waals surface area contributed by atoms with Crippen LogP contribution in [0.1, 0.15) is 31.8 Å². The van der Waals surface area contributed by atoms with Crippen LogP contribution >= 0.6 is 23.5 Å². The summed E-state index contributed by atoms with van der Waals surface area (Å²) in [5.41, 5.74) is 4.52. The topological polar surface area (TPSA) is 84.6 Å². The van der Waals surface area contributed by atoms with Crippen LogP contribution in [0.2, 0.25) is 0 Å². The number of pyridine rings is 2. The summed E-state index contributed by atoms with van der Waals surface area (Å²) in [7, 11) is 7.79. The van der Waals surface area contributed by atoms with E-state index >= 15 is 0 Å². The van der Waals surface area contributed by atoms with Gasteiger partial charge in [-0.05, 0) is 59.7 Å². The Morgan fingerprint density at radius 3 is 1.24 bits per heavy atom. The van der Waals surface area contributed by atoms with E-state index in [-0.39, 0.29) is 22.2 Å². The van der Waals surface area contributed by atoms with Crippen LogP contribution in [0.25, 0.3) is 21.8 Å². The van der Waals surface area contributed by atoms with Gasteiger partial charge in [-0.1, -0.05) is 96.3 Å². The highest BCUT2D eigenvalue weighted by Gasteiger charge is 2.23. The number of fused-ring (bicyclic) bond motifs is 2. The van der Waals surface area contributed by atoms with E-state index in [1.165, 1.54) is 23.5 Å². The first kappa shape index (κ1) is 36.5. The molecule has 0 aliphatic carbocycles. The third-order valence-corrected chi connectivity index (χ3v) is 12.0.